The van der Waals surface area contributed by atoms with E-state index in [1.54, 1.807) is 30.3 Å². The normalized spacial score (nSPS) is 10.8. The molecule has 0 aliphatic heterocycles. The lowest BCUT2D eigenvalue weighted by Gasteiger charge is -2.13. The van der Waals surface area contributed by atoms with Gasteiger partial charge in [-0.25, -0.2) is 4.39 Å². The van der Waals surface area contributed by atoms with E-state index in [1.165, 1.54) is 33.5 Å². The number of nitrogens with zero attached hydrogens (tertiary/aromatic N) is 1. The summed E-state index contributed by atoms with van der Waals surface area (Å²) in [7, 11) is 4.53. The van der Waals surface area contributed by atoms with E-state index in [0.29, 0.717) is 33.9 Å². The first kappa shape index (κ1) is 16.4. The first-order valence-corrected chi connectivity index (χ1v) is 6.80. The van der Waals surface area contributed by atoms with Gasteiger partial charge < -0.3 is 14.2 Å². The van der Waals surface area contributed by atoms with E-state index < -0.39 is 0 Å². The van der Waals surface area contributed by atoms with Gasteiger partial charge >= 0.3 is 0 Å². The number of hydrogen-bond donors (Lipinski definition) is 0. The molecule has 118 valence electrons. The molecule has 0 spiro atoms. The van der Waals surface area contributed by atoms with Crippen LogP contribution in [0.4, 0.5) is 4.39 Å². The van der Waals surface area contributed by atoms with Gasteiger partial charge in [0, 0.05) is 11.6 Å². The van der Waals surface area contributed by atoms with Gasteiger partial charge in [0.2, 0.25) is 0 Å². The van der Waals surface area contributed by atoms with Gasteiger partial charge in [0.25, 0.3) is 0 Å². The standard InChI is InChI=1S/C18H16FNO3/c1-21-16-10-18(23-3)17(22-2)9-15(16)13(11-20)7-12-5-4-6-14(19)8-12/h4-10H,1-3H3/b13-7+. The third-order valence-electron chi connectivity index (χ3n) is 3.28. The van der Waals surface area contributed by atoms with Gasteiger partial charge in [-0.1, -0.05) is 12.1 Å². The lowest BCUT2D eigenvalue weighted by Crippen LogP contribution is -1.96. The summed E-state index contributed by atoms with van der Waals surface area (Å²) >= 11 is 0. The van der Waals surface area contributed by atoms with Gasteiger partial charge in [0.05, 0.1) is 33.0 Å². The highest BCUT2D eigenvalue weighted by Crippen LogP contribution is 2.38. The van der Waals surface area contributed by atoms with Crippen LogP contribution in [0, 0.1) is 17.1 Å². The second-order valence-corrected chi connectivity index (χ2v) is 4.63. The van der Waals surface area contributed by atoms with Crippen molar-refractivity contribution in [1.82, 2.24) is 0 Å². The molecule has 0 saturated carbocycles. The van der Waals surface area contributed by atoms with Gasteiger partial charge in [-0.3, -0.25) is 0 Å². The monoisotopic (exact) mass is 313 g/mol. The average molecular weight is 313 g/mol. The second kappa shape index (κ2) is 7.32. The number of hydrogen-bond acceptors (Lipinski definition) is 4. The Labute approximate surface area is 134 Å². The Balaban J connectivity index is 2.59. The van der Waals surface area contributed by atoms with Crippen LogP contribution in [0.2, 0.25) is 0 Å². The molecule has 0 aliphatic rings. The quantitative estimate of drug-likeness (QED) is 0.620. The maximum atomic E-state index is 13.3. The molecule has 2 aromatic carbocycles. The molecule has 2 aromatic rings. The fourth-order valence-electron chi connectivity index (χ4n) is 2.17. The van der Waals surface area contributed by atoms with Gasteiger partial charge in [0.15, 0.2) is 11.5 Å². The van der Waals surface area contributed by atoms with Crippen molar-refractivity contribution in [2.75, 3.05) is 21.3 Å². The van der Waals surface area contributed by atoms with Crippen molar-refractivity contribution in [3.05, 3.63) is 53.3 Å². The summed E-state index contributed by atoms with van der Waals surface area (Å²) in [6.07, 6.45) is 1.59. The van der Waals surface area contributed by atoms with E-state index in [-0.39, 0.29) is 5.82 Å². The minimum absolute atomic E-state index is 0.327. The molecule has 2 rings (SSSR count). The van der Waals surface area contributed by atoms with Crippen LogP contribution in [0.1, 0.15) is 11.1 Å². The zero-order valence-corrected chi connectivity index (χ0v) is 13.1. The number of halogens is 1. The molecule has 0 unspecified atom stereocenters. The molecule has 4 nitrogen and oxygen atoms in total. The van der Waals surface area contributed by atoms with Gasteiger partial charge in [-0.05, 0) is 29.8 Å². The fraction of sp³-hybridized carbons (Fsp3) is 0.167. The lowest BCUT2D eigenvalue weighted by atomic mass is 10.0. The van der Waals surface area contributed by atoms with Crippen LogP contribution in [-0.4, -0.2) is 21.3 Å². The molecule has 0 heterocycles. The minimum atomic E-state index is -0.365. The molecule has 0 aromatic heterocycles. The van der Waals surface area contributed by atoms with Crippen LogP contribution < -0.4 is 14.2 Å². The molecule has 23 heavy (non-hydrogen) atoms. The zero-order chi connectivity index (χ0) is 16.8. The molecule has 0 amide bonds. The summed E-state index contributed by atoms with van der Waals surface area (Å²) in [4.78, 5) is 0. The maximum absolute atomic E-state index is 13.3. The SMILES string of the molecule is COc1cc(OC)c(/C(C#N)=C/c2cccc(F)c2)cc1OC. The van der Waals surface area contributed by atoms with Crippen LogP contribution in [0.25, 0.3) is 11.6 Å². The van der Waals surface area contributed by atoms with Crippen LogP contribution in [0.15, 0.2) is 36.4 Å². The molecular formula is C18H16FNO3. The van der Waals surface area contributed by atoms with Crippen molar-refractivity contribution in [3.8, 4) is 23.3 Å². The first-order chi connectivity index (χ1) is 11.1. The number of benzene rings is 2. The Morgan fingerprint density at radius 3 is 2.22 bits per heavy atom. The molecular weight excluding hydrogens is 297 g/mol. The maximum Gasteiger partial charge on any atom is 0.164 e. The van der Waals surface area contributed by atoms with E-state index in [4.69, 9.17) is 14.2 Å². The topological polar surface area (TPSA) is 51.5 Å². The number of nitriles is 1. The van der Waals surface area contributed by atoms with Crippen molar-refractivity contribution in [2.45, 2.75) is 0 Å². The second-order valence-electron chi connectivity index (χ2n) is 4.63. The van der Waals surface area contributed by atoms with Crippen molar-refractivity contribution in [1.29, 1.82) is 5.26 Å². The zero-order valence-electron chi connectivity index (χ0n) is 13.1. The summed E-state index contributed by atoms with van der Waals surface area (Å²) in [6.45, 7) is 0. The van der Waals surface area contributed by atoms with Crippen LogP contribution in [-0.2, 0) is 0 Å². The van der Waals surface area contributed by atoms with Gasteiger partial charge in [-0.2, -0.15) is 5.26 Å². The Bertz CT molecular complexity index is 778. The summed E-state index contributed by atoms with van der Waals surface area (Å²) in [5.41, 5.74) is 1.45. The van der Waals surface area contributed by atoms with E-state index in [9.17, 15) is 9.65 Å². The molecule has 0 atom stereocenters. The van der Waals surface area contributed by atoms with Gasteiger partial charge in [0.1, 0.15) is 11.6 Å². The van der Waals surface area contributed by atoms with Crippen LogP contribution >= 0.6 is 0 Å². The van der Waals surface area contributed by atoms with Crippen molar-refractivity contribution >= 4 is 11.6 Å². The highest BCUT2D eigenvalue weighted by Gasteiger charge is 2.15. The van der Waals surface area contributed by atoms with E-state index in [2.05, 4.69) is 6.07 Å². The minimum Gasteiger partial charge on any atom is -0.496 e. The average Bonchev–Trinajstić information content (AvgIpc) is 2.58. The summed E-state index contributed by atoms with van der Waals surface area (Å²) < 4.78 is 29.1. The molecule has 0 aliphatic carbocycles. The van der Waals surface area contributed by atoms with Crippen molar-refractivity contribution in [3.63, 3.8) is 0 Å². The largest absolute Gasteiger partial charge is 0.496 e. The van der Waals surface area contributed by atoms with Crippen molar-refractivity contribution < 1.29 is 18.6 Å². The predicted molar refractivity (Wildman–Crippen MR) is 86.0 cm³/mol. The molecule has 0 fully saturated rings. The fourth-order valence-corrected chi connectivity index (χ4v) is 2.17. The van der Waals surface area contributed by atoms with Gasteiger partial charge in [-0.15, -0.1) is 0 Å². The summed E-state index contributed by atoms with van der Waals surface area (Å²) in [6, 6.07) is 11.4. The van der Waals surface area contributed by atoms with E-state index in [0.717, 1.165) is 0 Å². The number of rotatable bonds is 5. The first-order valence-electron chi connectivity index (χ1n) is 6.80. The molecule has 0 saturated heterocycles. The number of allylic oxidation sites excluding steroid dienone is 1. The number of ether oxygens (including phenoxy) is 3. The van der Waals surface area contributed by atoms with Crippen LogP contribution in [0.3, 0.4) is 0 Å². The Kier molecular flexibility index (Phi) is 5.21. The Morgan fingerprint density at radius 1 is 1.00 bits per heavy atom. The highest BCUT2D eigenvalue weighted by atomic mass is 19.1. The number of methoxy groups -OCH3 is 3. The highest BCUT2D eigenvalue weighted by molar-refractivity contribution is 5.92. The Hall–Kier alpha value is -3.00. The third-order valence-corrected chi connectivity index (χ3v) is 3.28. The summed E-state index contributed by atoms with van der Waals surface area (Å²) in [5, 5.41) is 9.48. The lowest BCUT2D eigenvalue weighted by molar-refractivity contribution is 0.348. The predicted octanol–water partition coefficient (Wildman–Crippen LogP) is 3.92. The molecule has 0 N–H and O–H groups in total. The smallest absolute Gasteiger partial charge is 0.164 e. The van der Waals surface area contributed by atoms with E-state index in [1.807, 2.05) is 0 Å². The van der Waals surface area contributed by atoms with Crippen LogP contribution in [0.5, 0.6) is 17.2 Å². The summed E-state index contributed by atoms with van der Waals surface area (Å²) in [5.74, 6) is 1.07. The molecule has 5 heteroatoms. The van der Waals surface area contributed by atoms with E-state index >= 15 is 0 Å². The Morgan fingerprint density at radius 2 is 1.65 bits per heavy atom. The third kappa shape index (κ3) is 3.61. The van der Waals surface area contributed by atoms with Crippen molar-refractivity contribution in [2.24, 2.45) is 0 Å². The molecule has 0 radical (unpaired) electrons. The molecule has 0 bridgehead atoms.